The third-order valence-electron chi connectivity index (χ3n) is 3.11. The van der Waals surface area contributed by atoms with Gasteiger partial charge in [-0.15, -0.1) is 0 Å². The lowest BCUT2D eigenvalue weighted by Gasteiger charge is -2.11. The molecule has 0 atom stereocenters. The summed E-state index contributed by atoms with van der Waals surface area (Å²) in [6, 6.07) is 0. The Kier molecular flexibility index (Phi) is 2.46. The van der Waals surface area contributed by atoms with Gasteiger partial charge in [0.2, 0.25) is 0 Å². The molecule has 1 fully saturated rings. The van der Waals surface area contributed by atoms with E-state index in [1.165, 1.54) is 12.8 Å². The molecule has 5 heteroatoms. The van der Waals surface area contributed by atoms with Crippen molar-refractivity contribution >= 4 is 5.82 Å². The summed E-state index contributed by atoms with van der Waals surface area (Å²) in [5, 5.41) is 3.25. The zero-order chi connectivity index (χ0) is 11.8. The molecule has 2 heterocycles. The smallest absolute Gasteiger partial charge is 0.165 e. The summed E-state index contributed by atoms with van der Waals surface area (Å²) in [7, 11) is 0. The lowest BCUT2D eigenvalue weighted by Crippen LogP contribution is -2.08. The minimum atomic E-state index is 0.585. The van der Waals surface area contributed by atoms with Crippen molar-refractivity contribution in [3.05, 3.63) is 12.2 Å². The average Bonchev–Trinajstić information content (AvgIpc) is 3.09. The van der Waals surface area contributed by atoms with Crippen molar-refractivity contribution in [2.45, 2.75) is 39.2 Å². The summed E-state index contributed by atoms with van der Waals surface area (Å²) < 4.78 is 2.05. The van der Waals surface area contributed by atoms with Crippen molar-refractivity contribution in [3.63, 3.8) is 0 Å². The summed E-state index contributed by atoms with van der Waals surface area (Å²) >= 11 is 0. The van der Waals surface area contributed by atoms with Crippen molar-refractivity contribution in [2.75, 3.05) is 11.9 Å². The maximum absolute atomic E-state index is 4.66. The number of hydrogen-bond donors (Lipinski definition) is 1. The first-order valence-corrected chi connectivity index (χ1v) is 6.30. The maximum Gasteiger partial charge on any atom is 0.165 e. The lowest BCUT2D eigenvalue weighted by atomic mass is 10.3. The predicted molar refractivity (Wildman–Crippen MR) is 66.3 cm³/mol. The van der Waals surface area contributed by atoms with E-state index in [-0.39, 0.29) is 0 Å². The first-order valence-electron chi connectivity index (χ1n) is 6.30. The topological polar surface area (TPSA) is 55.6 Å². The maximum atomic E-state index is 4.66. The Balaban J connectivity index is 2.11. The van der Waals surface area contributed by atoms with Gasteiger partial charge in [0.05, 0.1) is 6.33 Å². The highest BCUT2D eigenvalue weighted by atomic mass is 15.2. The standard InChI is InChI=1S/C12H17N5/c1-3-13-11-9-12(17(4-2)7-14-11)16-10(15-9)8-5-6-8/h7-8,13H,3-6H2,1-2H3. The van der Waals surface area contributed by atoms with Crippen LogP contribution in [0.25, 0.3) is 11.5 Å². The van der Waals surface area contributed by atoms with Crippen LogP contribution in [0, 0.1) is 0 Å². The summed E-state index contributed by atoms with van der Waals surface area (Å²) in [6.07, 6.45) is 4.30. The van der Waals surface area contributed by atoms with Crippen molar-refractivity contribution in [1.29, 1.82) is 0 Å². The van der Waals surface area contributed by atoms with E-state index in [0.717, 1.165) is 36.3 Å². The fourth-order valence-corrected chi connectivity index (χ4v) is 2.01. The highest BCUT2D eigenvalue weighted by Crippen LogP contribution is 2.40. The Morgan fingerprint density at radius 2 is 2.18 bits per heavy atom. The molecular weight excluding hydrogens is 214 g/mol. The van der Waals surface area contributed by atoms with Crippen molar-refractivity contribution in [2.24, 2.45) is 0 Å². The van der Waals surface area contributed by atoms with Crippen LogP contribution in [0.3, 0.4) is 0 Å². The van der Waals surface area contributed by atoms with Crippen LogP contribution in [-0.4, -0.2) is 26.1 Å². The van der Waals surface area contributed by atoms with Gasteiger partial charge in [0.15, 0.2) is 17.3 Å². The number of anilines is 1. The molecule has 0 aromatic heterocycles. The monoisotopic (exact) mass is 231 g/mol. The number of rotatable bonds is 4. The van der Waals surface area contributed by atoms with E-state index in [1.54, 1.807) is 0 Å². The Morgan fingerprint density at radius 3 is 2.82 bits per heavy atom. The van der Waals surface area contributed by atoms with Gasteiger partial charge in [0.1, 0.15) is 5.82 Å². The fraction of sp³-hybridized carbons (Fsp3) is 0.583. The van der Waals surface area contributed by atoms with Crippen LogP contribution in [-0.2, 0) is 6.54 Å². The molecule has 0 amide bonds. The number of imidazole rings is 1. The van der Waals surface area contributed by atoms with E-state index in [2.05, 4.69) is 38.7 Å². The Bertz CT molecular complexity index is 500. The minimum Gasteiger partial charge on any atom is -0.368 e. The van der Waals surface area contributed by atoms with Gasteiger partial charge < -0.3 is 9.88 Å². The van der Waals surface area contributed by atoms with Crippen molar-refractivity contribution < 1.29 is 0 Å². The van der Waals surface area contributed by atoms with Crippen molar-refractivity contribution in [3.8, 4) is 11.5 Å². The van der Waals surface area contributed by atoms with Gasteiger partial charge in [-0.25, -0.2) is 15.0 Å². The molecule has 0 spiro atoms. The first kappa shape index (κ1) is 10.5. The van der Waals surface area contributed by atoms with E-state index in [4.69, 9.17) is 0 Å². The Morgan fingerprint density at radius 1 is 1.35 bits per heavy atom. The zero-order valence-electron chi connectivity index (χ0n) is 10.3. The number of fused-ring (bicyclic) bond motifs is 1. The number of nitrogens with zero attached hydrogens (tertiary/aromatic N) is 4. The number of aromatic nitrogens is 4. The van der Waals surface area contributed by atoms with Gasteiger partial charge in [-0.2, -0.15) is 0 Å². The summed E-state index contributed by atoms with van der Waals surface area (Å²) in [5.74, 6) is 3.39. The third kappa shape index (κ3) is 1.75. The lowest BCUT2D eigenvalue weighted by molar-refractivity contribution is 0.729. The largest absolute Gasteiger partial charge is 0.368 e. The normalized spacial score (nSPS) is 15.4. The molecule has 0 aromatic carbocycles. The fourth-order valence-electron chi connectivity index (χ4n) is 2.01. The van der Waals surface area contributed by atoms with E-state index >= 15 is 0 Å². The van der Waals surface area contributed by atoms with Crippen molar-refractivity contribution in [1.82, 2.24) is 19.5 Å². The number of hydrogen-bond acceptors (Lipinski definition) is 4. The van der Waals surface area contributed by atoms with Crippen LogP contribution in [0.4, 0.5) is 5.82 Å². The van der Waals surface area contributed by atoms with Gasteiger partial charge in [-0.05, 0) is 26.7 Å². The van der Waals surface area contributed by atoms with Crippen LogP contribution < -0.4 is 5.32 Å². The molecule has 1 aliphatic carbocycles. The second kappa shape index (κ2) is 3.98. The molecule has 0 saturated heterocycles. The molecule has 3 rings (SSSR count). The molecule has 17 heavy (non-hydrogen) atoms. The van der Waals surface area contributed by atoms with Crippen LogP contribution in [0.15, 0.2) is 6.33 Å². The minimum absolute atomic E-state index is 0.585. The quantitative estimate of drug-likeness (QED) is 0.875. The molecule has 3 aliphatic rings. The molecule has 2 aliphatic heterocycles. The first-order chi connectivity index (χ1) is 8.33. The SMILES string of the molecule is CCNc1ncn(CC)c2nc(C3CC3)nc1-2. The molecular formula is C12H17N5. The summed E-state index contributed by atoms with van der Waals surface area (Å²) in [6.45, 7) is 5.88. The molecule has 0 aromatic rings. The predicted octanol–water partition coefficient (Wildman–Crippen LogP) is 2.11. The highest BCUT2D eigenvalue weighted by molar-refractivity contribution is 5.67. The Labute approximate surface area is 101 Å². The molecule has 0 unspecified atom stereocenters. The van der Waals surface area contributed by atoms with Gasteiger partial charge in [0, 0.05) is 19.0 Å². The van der Waals surface area contributed by atoms with E-state index in [1.807, 2.05) is 6.33 Å². The van der Waals surface area contributed by atoms with Gasteiger partial charge >= 0.3 is 0 Å². The van der Waals surface area contributed by atoms with E-state index < -0.39 is 0 Å². The van der Waals surface area contributed by atoms with Gasteiger partial charge in [-0.3, -0.25) is 0 Å². The van der Waals surface area contributed by atoms with Crippen LogP contribution in [0.5, 0.6) is 0 Å². The van der Waals surface area contributed by atoms with E-state index in [9.17, 15) is 0 Å². The second-order valence-corrected chi connectivity index (χ2v) is 4.44. The van der Waals surface area contributed by atoms with Crippen LogP contribution in [0.1, 0.15) is 38.4 Å². The zero-order valence-corrected chi connectivity index (χ0v) is 10.3. The molecule has 1 saturated carbocycles. The van der Waals surface area contributed by atoms with Gasteiger partial charge in [0.25, 0.3) is 0 Å². The molecule has 5 nitrogen and oxygen atoms in total. The average molecular weight is 231 g/mol. The number of nitrogens with one attached hydrogen (secondary N) is 1. The molecule has 0 radical (unpaired) electrons. The highest BCUT2D eigenvalue weighted by Gasteiger charge is 2.30. The molecule has 1 N–H and O–H groups in total. The van der Waals surface area contributed by atoms with E-state index in [0.29, 0.717) is 5.92 Å². The molecule has 0 bridgehead atoms. The van der Waals surface area contributed by atoms with Crippen LogP contribution >= 0.6 is 0 Å². The van der Waals surface area contributed by atoms with Crippen LogP contribution in [0.2, 0.25) is 0 Å². The molecule has 90 valence electrons. The second-order valence-electron chi connectivity index (χ2n) is 4.44. The summed E-state index contributed by atoms with van der Waals surface area (Å²) in [4.78, 5) is 13.7. The summed E-state index contributed by atoms with van der Waals surface area (Å²) in [5.41, 5.74) is 0.915. The Hall–Kier alpha value is -1.65. The third-order valence-corrected chi connectivity index (χ3v) is 3.11. The number of aryl methyl sites for hydroxylation is 1. The van der Waals surface area contributed by atoms with Gasteiger partial charge in [-0.1, -0.05) is 0 Å².